The third-order valence-corrected chi connectivity index (χ3v) is 7.11. The number of rotatable bonds is 8. The molecule has 1 aliphatic carbocycles. The predicted octanol–water partition coefficient (Wildman–Crippen LogP) is 6.07. The fourth-order valence-corrected chi connectivity index (χ4v) is 5.37. The third-order valence-electron chi connectivity index (χ3n) is 5.96. The Morgan fingerprint density at radius 3 is 2.28 bits per heavy atom. The van der Waals surface area contributed by atoms with Crippen LogP contribution >= 0.6 is 11.8 Å². The first kappa shape index (κ1) is 22.7. The van der Waals surface area contributed by atoms with Crippen molar-refractivity contribution in [3.8, 4) is 5.75 Å². The summed E-state index contributed by atoms with van der Waals surface area (Å²) in [6, 6.07) is 17.7. The number of nitrogens with zero attached hydrogens (tertiary/aromatic N) is 1. The van der Waals surface area contributed by atoms with Gasteiger partial charge in [0.1, 0.15) is 5.75 Å². The summed E-state index contributed by atoms with van der Waals surface area (Å²) in [5.74, 6) is 1.61. The maximum absolute atomic E-state index is 13.5. The van der Waals surface area contributed by atoms with Crippen molar-refractivity contribution in [1.82, 2.24) is 4.90 Å². The van der Waals surface area contributed by atoms with Crippen LogP contribution in [0.5, 0.6) is 5.75 Å². The van der Waals surface area contributed by atoms with E-state index in [4.69, 9.17) is 4.74 Å². The Morgan fingerprint density at radius 2 is 1.62 bits per heavy atom. The molecule has 0 bridgehead atoms. The van der Waals surface area contributed by atoms with Crippen LogP contribution in [0, 0.1) is 5.92 Å². The quantitative estimate of drug-likeness (QED) is 0.459. The molecule has 0 radical (unpaired) electrons. The van der Waals surface area contributed by atoms with Gasteiger partial charge in [0.2, 0.25) is 0 Å². The van der Waals surface area contributed by atoms with Gasteiger partial charge in [-0.3, -0.25) is 14.5 Å². The molecule has 2 amide bonds. The molecule has 2 aliphatic rings. The standard InChI is InChI=1S/C27H31NO3S/c1-19(2)17-31-23-15-13-21(14-16-23)24-25(32-18-20-9-5-3-6-10-20)27(30)28(26(24)29)22-11-7-4-8-12-22/h3,5-6,9-10,13-16,19,22H,4,7-8,11-12,17-18H2,1-2H3. The van der Waals surface area contributed by atoms with Gasteiger partial charge in [0.25, 0.3) is 11.8 Å². The summed E-state index contributed by atoms with van der Waals surface area (Å²) in [5, 5.41) is 0. The molecule has 4 nitrogen and oxygen atoms in total. The molecule has 1 fully saturated rings. The van der Waals surface area contributed by atoms with Crippen LogP contribution in [0.2, 0.25) is 0 Å². The fraction of sp³-hybridized carbons (Fsp3) is 0.407. The summed E-state index contributed by atoms with van der Waals surface area (Å²) in [6.45, 7) is 4.86. The lowest BCUT2D eigenvalue weighted by Crippen LogP contribution is -2.42. The number of hydrogen-bond donors (Lipinski definition) is 0. The highest BCUT2D eigenvalue weighted by Gasteiger charge is 2.42. The number of thioether (sulfide) groups is 1. The topological polar surface area (TPSA) is 46.6 Å². The Bertz CT molecular complexity index is 976. The van der Waals surface area contributed by atoms with E-state index in [1.54, 1.807) is 4.90 Å². The Morgan fingerprint density at radius 1 is 0.938 bits per heavy atom. The highest BCUT2D eigenvalue weighted by molar-refractivity contribution is 8.03. The first-order valence-corrected chi connectivity index (χ1v) is 12.5. The second kappa shape index (κ2) is 10.4. The summed E-state index contributed by atoms with van der Waals surface area (Å²) >= 11 is 1.47. The van der Waals surface area contributed by atoms with Crippen LogP contribution in [0.15, 0.2) is 59.5 Å². The van der Waals surface area contributed by atoms with Gasteiger partial charge in [-0.1, -0.05) is 75.6 Å². The molecule has 5 heteroatoms. The minimum Gasteiger partial charge on any atom is -0.493 e. The van der Waals surface area contributed by atoms with Gasteiger partial charge in [0.15, 0.2) is 0 Å². The molecule has 2 aromatic rings. The first-order valence-electron chi connectivity index (χ1n) is 11.6. The molecule has 1 heterocycles. The van der Waals surface area contributed by atoms with Crippen LogP contribution in [0.4, 0.5) is 0 Å². The van der Waals surface area contributed by atoms with Crippen molar-refractivity contribution in [3.63, 3.8) is 0 Å². The lowest BCUT2D eigenvalue weighted by molar-refractivity contribution is -0.139. The van der Waals surface area contributed by atoms with Crippen molar-refractivity contribution in [2.24, 2.45) is 5.92 Å². The maximum atomic E-state index is 13.5. The number of hydrogen-bond acceptors (Lipinski definition) is 4. The summed E-state index contributed by atoms with van der Waals surface area (Å²) in [7, 11) is 0. The molecule has 0 unspecified atom stereocenters. The molecule has 1 aliphatic heterocycles. The van der Waals surface area contributed by atoms with Gasteiger partial charge < -0.3 is 4.74 Å². The number of imide groups is 1. The molecular formula is C27H31NO3S. The van der Waals surface area contributed by atoms with Crippen molar-refractivity contribution < 1.29 is 14.3 Å². The van der Waals surface area contributed by atoms with Gasteiger partial charge in [-0.2, -0.15) is 0 Å². The average molecular weight is 450 g/mol. The minimum atomic E-state index is -0.145. The molecule has 0 aromatic heterocycles. The van der Waals surface area contributed by atoms with E-state index in [0.29, 0.717) is 28.8 Å². The molecule has 0 N–H and O–H groups in total. The van der Waals surface area contributed by atoms with Crippen LogP contribution in [0.3, 0.4) is 0 Å². The predicted molar refractivity (Wildman–Crippen MR) is 130 cm³/mol. The zero-order chi connectivity index (χ0) is 22.5. The first-order chi connectivity index (χ1) is 15.5. The molecule has 0 atom stereocenters. The van der Waals surface area contributed by atoms with Crippen molar-refractivity contribution in [2.45, 2.75) is 57.7 Å². The molecule has 4 rings (SSSR count). The minimum absolute atomic E-state index is 0.0159. The SMILES string of the molecule is CC(C)COc1ccc(C2=C(SCc3ccccc3)C(=O)N(C3CCCCC3)C2=O)cc1. The van der Waals surface area contributed by atoms with Gasteiger partial charge in [-0.05, 0) is 42.0 Å². The Labute approximate surface area is 195 Å². The Balaban J connectivity index is 1.62. The highest BCUT2D eigenvalue weighted by Crippen LogP contribution is 2.40. The number of carbonyl (C=O) groups excluding carboxylic acids is 2. The van der Waals surface area contributed by atoms with Crippen LogP contribution in [0.25, 0.3) is 5.57 Å². The summed E-state index contributed by atoms with van der Waals surface area (Å²) in [6.07, 6.45) is 5.14. The molecule has 0 spiro atoms. The second-order valence-corrected chi connectivity index (χ2v) is 9.97. The number of benzene rings is 2. The van der Waals surface area contributed by atoms with Gasteiger partial charge in [0.05, 0.1) is 17.1 Å². The highest BCUT2D eigenvalue weighted by atomic mass is 32.2. The van der Waals surface area contributed by atoms with E-state index in [-0.39, 0.29) is 17.9 Å². The molecule has 168 valence electrons. The molecule has 0 saturated heterocycles. The van der Waals surface area contributed by atoms with E-state index in [1.807, 2.05) is 54.6 Å². The largest absolute Gasteiger partial charge is 0.493 e. The van der Waals surface area contributed by atoms with E-state index < -0.39 is 0 Å². The third kappa shape index (κ3) is 5.09. The number of amides is 2. The Kier molecular flexibility index (Phi) is 7.36. The zero-order valence-electron chi connectivity index (χ0n) is 18.9. The maximum Gasteiger partial charge on any atom is 0.268 e. The normalized spacial score (nSPS) is 17.5. The van der Waals surface area contributed by atoms with Crippen LogP contribution in [-0.4, -0.2) is 29.4 Å². The van der Waals surface area contributed by atoms with Crippen LogP contribution in [0.1, 0.15) is 57.1 Å². The van der Waals surface area contributed by atoms with E-state index in [0.717, 1.165) is 42.6 Å². The van der Waals surface area contributed by atoms with E-state index in [1.165, 1.54) is 18.2 Å². The summed E-state index contributed by atoms with van der Waals surface area (Å²) < 4.78 is 5.80. The van der Waals surface area contributed by atoms with E-state index in [2.05, 4.69) is 13.8 Å². The molecule has 32 heavy (non-hydrogen) atoms. The van der Waals surface area contributed by atoms with Crippen LogP contribution in [-0.2, 0) is 15.3 Å². The van der Waals surface area contributed by atoms with Gasteiger partial charge in [-0.25, -0.2) is 0 Å². The van der Waals surface area contributed by atoms with Crippen molar-refractivity contribution in [3.05, 3.63) is 70.6 Å². The van der Waals surface area contributed by atoms with Gasteiger partial charge in [-0.15, -0.1) is 11.8 Å². The van der Waals surface area contributed by atoms with E-state index >= 15 is 0 Å². The lowest BCUT2D eigenvalue weighted by atomic mass is 9.94. The monoisotopic (exact) mass is 449 g/mol. The van der Waals surface area contributed by atoms with Gasteiger partial charge in [0, 0.05) is 11.8 Å². The lowest BCUT2D eigenvalue weighted by Gasteiger charge is -2.29. The molecular weight excluding hydrogens is 418 g/mol. The average Bonchev–Trinajstić information content (AvgIpc) is 3.07. The molecule has 2 aromatic carbocycles. The summed E-state index contributed by atoms with van der Waals surface area (Å²) in [4.78, 5) is 29.1. The van der Waals surface area contributed by atoms with Gasteiger partial charge >= 0.3 is 0 Å². The molecule has 1 saturated carbocycles. The fourth-order valence-electron chi connectivity index (χ4n) is 4.30. The number of carbonyl (C=O) groups is 2. The van der Waals surface area contributed by atoms with Crippen molar-refractivity contribution in [1.29, 1.82) is 0 Å². The smallest absolute Gasteiger partial charge is 0.268 e. The summed E-state index contributed by atoms with van der Waals surface area (Å²) in [5.41, 5.74) is 2.46. The zero-order valence-corrected chi connectivity index (χ0v) is 19.7. The number of ether oxygens (including phenoxy) is 1. The van der Waals surface area contributed by atoms with E-state index in [9.17, 15) is 9.59 Å². The van der Waals surface area contributed by atoms with Crippen LogP contribution < -0.4 is 4.74 Å². The van der Waals surface area contributed by atoms with Crippen molar-refractivity contribution >= 4 is 29.1 Å². The second-order valence-electron chi connectivity index (χ2n) is 8.98. The van der Waals surface area contributed by atoms with Crippen molar-refractivity contribution in [2.75, 3.05) is 6.61 Å². The Hall–Kier alpha value is -2.53.